The van der Waals surface area contributed by atoms with E-state index in [1.165, 1.54) is 4.90 Å². The molecule has 0 spiro atoms. The molecule has 2 amide bonds. The van der Waals surface area contributed by atoms with Gasteiger partial charge in [-0.25, -0.2) is 9.79 Å². The van der Waals surface area contributed by atoms with Gasteiger partial charge >= 0.3 is 6.09 Å². The Kier molecular flexibility index (Phi) is 7.48. The zero-order valence-electron chi connectivity index (χ0n) is 19.7. The van der Waals surface area contributed by atoms with Gasteiger partial charge in [-0.05, 0) is 33.3 Å². The van der Waals surface area contributed by atoms with Gasteiger partial charge in [-0.1, -0.05) is 18.2 Å². The summed E-state index contributed by atoms with van der Waals surface area (Å²) in [6.07, 6.45) is 1.24. The minimum atomic E-state index is -0.528. The largest absolute Gasteiger partial charge is 0.493 e. The third kappa shape index (κ3) is 6.51. The molecule has 0 saturated carbocycles. The summed E-state index contributed by atoms with van der Waals surface area (Å²) in [5.74, 6) is 1.33. The molecule has 1 aromatic rings. The molecule has 0 radical (unpaired) electrons. The van der Waals surface area contributed by atoms with Gasteiger partial charge in [0.1, 0.15) is 17.9 Å². The van der Waals surface area contributed by atoms with Crippen LogP contribution in [0, 0.1) is 0 Å². The van der Waals surface area contributed by atoms with Crippen LogP contribution in [0.1, 0.15) is 45.2 Å². The molecule has 2 aliphatic rings. The fraction of sp³-hybridized carbons (Fsp3) is 0.609. The van der Waals surface area contributed by atoms with Crippen molar-refractivity contribution in [1.29, 1.82) is 0 Å². The molecule has 0 aromatic heterocycles. The van der Waals surface area contributed by atoms with Crippen molar-refractivity contribution in [3.8, 4) is 5.75 Å². The lowest BCUT2D eigenvalue weighted by atomic mass is 10.0. The maximum absolute atomic E-state index is 12.4. The Morgan fingerprint density at radius 1 is 1.22 bits per heavy atom. The van der Waals surface area contributed by atoms with Crippen LogP contribution in [0.2, 0.25) is 0 Å². The molecule has 1 aromatic carbocycles. The Morgan fingerprint density at radius 2 is 1.97 bits per heavy atom. The lowest BCUT2D eigenvalue weighted by Crippen LogP contribution is -2.47. The lowest BCUT2D eigenvalue weighted by molar-refractivity contribution is -0.127. The van der Waals surface area contributed by atoms with Crippen LogP contribution >= 0.6 is 0 Å². The maximum Gasteiger partial charge on any atom is 0.410 e. The number of likely N-dealkylation sites (tertiary alicyclic amines) is 1. The number of likely N-dealkylation sites (N-methyl/N-ethyl adjacent to an activating group) is 1. The van der Waals surface area contributed by atoms with Gasteiger partial charge < -0.3 is 29.9 Å². The van der Waals surface area contributed by atoms with E-state index >= 15 is 0 Å². The molecule has 2 aliphatic heterocycles. The number of ether oxygens (including phenoxy) is 2. The van der Waals surface area contributed by atoms with Crippen molar-refractivity contribution in [3.05, 3.63) is 29.8 Å². The fourth-order valence-electron chi connectivity index (χ4n) is 3.64. The van der Waals surface area contributed by atoms with E-state index in [-0.39, 0.29) is 30.6 Å². The number of guanidine groups is 1. The molecular weight excluding hydrogens is 410 g/mol. The van der Waals surface area contributed by atoms with Gasteiger partial charge in [-0.2, -0.15) is 0 Å². The van der Waals surface area contributed by atoms with E-state index in [2.05, 4.69) is 15.6 Å². The van der Waals surface area contributed by atoms with Crippen molar-refractivity contribution in [2.45, 2.75) is 51.3 Å². The number of aliphatic imine (C=N–C) groups is 1. The summed E-state index contributed by atoms with van der Waals surface area (Å²) in [7, 11) is 3.42. The van der Waals surface area contributed by atoms with Crippen molar-refractivity contribution in [2.24, 2.45) is 4.99 Å². The van der Waals surface area contributed by atoms with Crippen LogP contribution < -0.4 is 15.4 Å². The first-order valence-corrected chi connectivity index (χ1v) is 11.1. The number of carbonyl (C=O) groups excluding carboxylic acids is 2. The van der Waals surface area contributed by atoms with Crippen LogP contribution in [0.5, 0.6) is 5.75 Å². The van der Waals surface area contributed by atoms with Crippen LogP contribution in [0.4, 0.5) is 4.79 Å². The molecule has 1 saturated heterocycles. The second-order valence-electron chi connectivity index (χ2n) is 9.38. The number of carbonyl (C=O) groups is 2. The number of hydrogen-bond donors (Lipinski definition) is 2. The number of benzene rings is 1. The number of para-hydroxylation sites is 1. The maximum atomic E-state index is 12.4. The Hall–Kier alpha value is -2.97. The normalized spacial score (nSPS) is 20.8. The minimum absolute atomic E-state index is 0.0123. The second kappa shape index (κ2) is 10.1. The average Bonchev–Trinajstić information content (AvgIpc) is 3.19. The second-order valence-corrected chi connectivity index (χ2v) is 9.38. The highest BCUT2D eigenvalue weighted by Crippen LogP contribution is 2.31. The average molecular weight is 446 g/mol. The van der Waals surface area contributed by atoms with Crippen molar-refractivity contribution >= 4 is 18.0 Å². The molecule has 9 nitrogen and oxygen atoms in total. The molecular formula is C23H35N5O4. The van der Waals surface area contributed by atoms with Crippen LogP contribution in [-0.4, -0.2) is 79.7 Å². The highest BCUT2D eigenvalue weighted by atomic mass is 16.6. The molecule has 2 atom stereocenters. The van der Waals surface area contributed by atoms with Gasteiger partial charge in [-0.15, -0.1) is 0 Å². The summed E-state index contributed by atoms with van der Waals surface area (Å²) >= 11 is 0. The van der Waals surface area contributed by atoms with Crippen molar-refractivity contribution < 1.29 is 19.1 Å². The van der Waals surface area contributed by atoms with Crippen molar-refractivity contribution in [1.82, 2.24) is 20.4 Å². The standard InChI is InChI=1S/C23H35N5O4/c1-23(2,3)32-22(30)28-12-10-16(15-28)25-21(24-14-20(29)27(4)5)26-18-11-13-31-19-9-7-6-8-17(18)19/h6-9,16,18H,10-15H2,1-5H3,(H2,24,25,26). The van der Waals surface area contributed by atoms with Gasteiger partial charge in [0, 0.05) is 45.2 Å². The molecule has 9 heteroatoms. The van der Waals surface area contributed by atoms with E-state index in [1.807, 2.05) is 45.0 Å². The molecule has 2 unspecified atom stereocenters. The van der Waals surface area contributed by atoms with Gasteiger partial charge in [0.2, 0.25) is 5.91 Å². The smallest absolute Gasteiger partial charge is 0.410 e. The summed E-state index contributed by atoms with van der Waals surface area (Å²) in [6.45, 7) is 7.35. The molecule has 176 valence electrons. The number of nitrogens with one attached hydrogen (secondary N) is 2. The molecule has 2 N–H and O–H groups in total. The van der Waals surface area contributed by atoms with Crippen molar-refractivity contribution in [2.75, 3.05) is 40.3 Å². The lowest BCUT2D eigenvalue weighted by Gasteiger charge is -2.29. The number of rotatable bonds is 4. The van der Waals surface area contributed by atoms with E-state index in [0.717, 1.165) is 24.2 Å². The Balaban J connectivity index is 1.68. The SMILES string of the molecule is CN(C)C(=O)CN=C(NC1CCN(C(=O)OC(C)(C)C)C1)NC1CCOc2ccccc21. The van der Waals surface area contributed by atoms with Crippen LogP contribution in [0.15, 0.2) is 29.3 Å². The zero-order valence-corrected chi connectivity index (χ0v) is 19.7. The Labute approximate surface area is 190 Å². The molecule has 3 rings (SSSR count). The summed E-state index contributed by atoms with van der Waals surface area (Å²) in [6, 6.07) is 7.96. The number of fused-ring (bicyclic) bond motifs is 1. The quantitative estimate of drug-likeness (QED) is 0.545. The minimum Gasteiger partial charge on any atom is -0.493 e. The molecule has 2 heterocycles. The molecule has 0 aliphatic carbocycles. The van der Waals surface area contributed by atoms with E-state index in [9.17, 15) is 9.59 Å². The van der Waals surface area contributed by atoms with Crippen LogP contribution in [0.25, 0.3) is 0 Å². The fourth-order valence-corrected chi connectivity index (χ4v) is 3.64. The van der Waals surface area contributed by atoms with Gasteiger partial charge in [0.15, 0.2) is 5.96 Å². The first-order valence-electron chi connectivity index (χ1n) is 11.1. The predicted octanol–water partition coefficient (Wildman–Crippen LogP) is 2.14. The first kappa shape index (κ1) is 23.7. The number of nitrogens with zero attached hydrogens (tertiary/aromatic N) is 3. The molecule has 32 heavy (non-hydrogen) atoms. The summed E-state index contributed by atoms with van der Waals surface area (Å²) in [5, 5.41) is 6.88. The van der Waals surface area contributed by atoms with Gasteiger partial charge in [-0.3, -0.25) is 4.79 Å². The van der Waals surface area contributed by atoms with Gasteiger partial charge in [0.05, 0.1) is 12.6 Å². The highest BCUT2D eigenvalue weighted by molar-refractivity contribution is 5.85. The van der Waals surface area contributed by atoms with E-state index < -0.39 is 5.60 Å². The van der Waals surface area contributed by atoms with E-state index in [0.29, 0.717) is 25.7 Å². The number of amides is 2. The van der Waals surface area contributed by atoms with Crippen LogP contribution in [-0.2, 0) is 9.53 Å². The third-order valence-electron chi connectivity index (χ3n) is 5.32. The summed E-state index contributed by atoms with van der Waals surface area (Å²) in [5.41, 5.74) is 0.536. The topological polar surface area (TPSA) is 95.5 Å². The highest BCUT2D eigenvalue weighted by Gasteiger charge is 2.31. The Morgan fingerprint density at radius 3 is 2.69 bits per heavy atom. The van der Waals surface area contributed by atoms with Gasteiger partial charge in [0.25, 0.3) is 0 Å². The Bertz CT molecular complexity index is 849. The zero-order chi connectivity index (χ0) is 23.3. The predicted molar refractivity (Wildman–Crippen MR) is 123 cm³/mol. The third-order valence-corrected chi connectivity index (χ3v) is 5.32. The van der Waals surface area contributed by atoms with Crippen LogP contribution in [0.3, 0.4) is 0 Å². The van der Waals surface area contributed by atoms with E-state index in [4.69, 9.17) is 9.47 Å². The summed E-state index contributed by atoms with van der Waals surface area (Å²) in [4.78, 5) is 32.3. The monoisotopic (exact) mass is 445 g/mol. The first-order chi connectivity index (χ1) is 15.1. The molecule has 1 fully saturated rings. The van der Waals surface area contributed by atoms with E-state index in [1.54, 1.807) is 19.0 Å². The summed E-state index contributed by atoms with van der Waals surface area (Å²) < 4.78 is 11.2. The number of hydrogen-bond acceptors (Lipinski definition) is 5. The molecule has 0 bridgehead atoms. The van der Waals surface area contributed by atoms with Crippen molar-refractivity contribution in [3.63, 3.8) is 0 Å².